The third-order valence-electron chi connectivity index (χ3n) is 7.26. The van der Waals surface area contributed by atoms with Crippen LogP contribution < -0.4 is 10.5 Å². The molecule has 1 saturated heterocycles. The highest BCUT2D eigenvalue weighted by Gasteiger charge is 2.37. The zero-order chi connectivity index (χ0) is 24.0. The van der Waals surface area contributed by atoms with Gasteiger partial charge < -0.3 is 25.3 Å². The molecule has 0 bridgehead atoms. The molecule has 0 atom stereocenters. The fourth-order valence-corrected chi connectivity index (χ4v) is 5.00. The number of benzene rings is 2. The molecule has 2 aromatic carbocycles. The molecule has 3 aromatic rings. The molecule has 0 radical (unpaired) electrons. The predicted octanol–water partition coefficient (Wildman–Crippen LogP) is 3.75. The number of H-pyrrole nitrogens is 1. The normalized spacial score (nSPS) is 17.7. The molecule has 0 spiro atoms. The van der Waals surface area contributed by atoms with Crippen LogP contribution in [0.5, 0.6) is 5.75 Å². The lowest BCUT2D eigenvalue weighted by Crippen LogP contribution is -2.51. The van der Waals surface area contributed by atoms with Crippen LogP contribution in [0.25, 0.3) is 22.2 Å². The highest BCUT2D eigenvalue weighted by molar-refractivity contribution is 5.83. The molecule has 2 aliphatic heterocycles. The Morgan fingerprint density at radius 2 is 1.82 bits per heavy atom. The van der Waals surface area contributed by atoms with Crippen molar-refractivity contribution in [2.45, 2.75) is 40.2 Å². The Bertz CT molecular complexity index is 1270. The van der Waals surface area contributed by atoms with Crippen LogP contribution in [0.2, 0.25) is 0 Å². The maximum absolute atomic E-state index is 13.4. The van der Waals surface area contributed by atoms with Crippen molar-refractivity contribution in [3.63, 3.8) is 0 Å². The second-order valence-electron chi connectivity index (χ2n) is 9.80. The Hall–Kier alpha value is -3.55. The Balaban J connectivity index is 1.39. The summed E-state index contributed by atoms with van der Waals surface area (Å²) in [6.45, 7) is 8.41. The number of nitrogens with one attached hydrogen (secondary N) is 1. The summed E-state index contributed by atoms with van der Waals surface area (Å²) < 4.78 is 6.09. The molecule has 3 N–H and O–H groups in total. The zero-order valence-electron chi connectivity index (χ0n) is 20.0. The first-order valence-corrected chi connectivity index (χ1v) is 11.8. The third kappa shape index (κ3) is 3.97. The van der Waals surface area contributed by atoms with Crippen LogP contribution in [0.4, 0.5) is 4.79 Å². The van der Waals surface area contributed by atoms with E-state index in [1.807, 2.05) is 36.6 Å². The molecule has 5 rings (SSSR count). The van der Waals surface area contributed by atoms with E-state index < -0.39 is 5.41 Å². The molecule has 0 unspecified atom stereocenters. The Kier molecular flexibility index (Phi) is 5.46. The summed E-state index contributed by atoms with van der Waals surface area (Å²) >= 11 is 0. The smallest absolute Gasteiger partial charge is 0.320 e. The van der Waals surface area contributed by atoms with Gasteiger partial charge in [-0.25, -0.2) is 9.78 Å². The van der Waals surface area contributed by atoms with Crippen molar-refractivity contribution >= 4 is 23.0 Å². The number of carbonyl (C=O) groups is 2. The number of fused-ring (bicyclic) bond motifs is 2. The van der Waals surface area contributed by atoms with E-state index >= 15 is 0 Å². The molecule has 3 amide bonds. The van der Waals surface area contributed by atoms with Gasteiger partial charge >= 0.3 is 6.03 Å². The standard InChI is InChI=1S/C26H31N5O3/c1-16-12-19(18-4-5-21-22(14-18)29-17(2)28-21)13-20-15-31(10-11-34-23(16)20)25(33)30-8-6-26(3,7-9-30)24(27)32/h4-5,12-14H,6-11,15H2,1-3H3,(H2,27,32)(H,28,29). The first-order valence-electron chi connectivity index (χ1n) is 11.8. The molecule has 1 fully saturated rings. The van der Waals surface area contributed by atoms with Gasteiger partial charge in [-0.15, -0.1) is 0 Å². The topological polar surface area (TPSA) is 105 Å². The summed E-state index contributed by atoms with van der Waals surface area (Å²) in [5.41, 5.74) is 11.2. The van der Waals surface area contributed by atoms with Crippen molar-refractivity contribution in [1.29, 1.82) is 0 Å². The summed E-state index contributed by atoms with van der Waals surface area (Å²) in [7, 11) is 0. The molecular formula is C26H31N5O3. The lowest BCUT2D eigenvalue weighted by Gasteiger charge is -2.39. The van der Waals surface area contributed by atoms with Crippen LogP contribution in [0, 0.1) is 19.3 Å². The number of amides is 3. The number of imidazole rings is 1. The van der Waals surface area contributed by atoms with Crippen molar-refractivity contribution in [1.82, 2.24) is 19.8 Å². The number of piperidine rings is 1. The van der Waals surface area contributed by atoms with Crippen molar-refractivity contribution in [2.24, 2.45) is 11.1 Å². The molecular weight excluding hydrogens is 430 g/mol. The average Bonchev–Trinajstić information content (AvgIpc) is 3.04. The van der Waals surface area contributed by atoms with Crippen LogP contribution in [0.15, 0.2) is 30.3 Å². The van der Waals surface area contributed by atoms with Crippen molar-refractivity contribution in [3.05, 3.63) is 47.3 Å². The number of urea groups is 1. The van der Waals surface area contributed by atoms with Crippen molar-refractivity contribution in [2.75, 3.05) is 26.2 Å². The Morgan fingerprint density at radius 1 is 1.06 bits per heavy atom. The quantitative estimate of drug-likeness (QED) is 0.606. The molecule has 0 saturated carbocycles. The van der Waals surface area contributed by atoms with Crippen LogP contribution in [0.3, 0.4) is 0 Å². The minimum Gasteiger partial charge on any atom is -0.491 e. The fraction of sp³-hybridized carbons (Fsp3) is 0.423. The van der Waals surface area contributed by atoms with Gasteiger partial charge in [0.1, 0.15) is 18.2 Å². The minimum absolute atomic E-state index is 0.0135. The number of aryl methyl sites for hydroxylation is 2. The number of rotatable bonds is 2. The molecule has 0 aliphatic carbocycles. The second-order valence-corrected chi connectivity index (χ2v) is 9.80. The third-order valence-corrected chi connectivity index (χ3v) is 7.26. The number of hydrogen-bond donors (Lipinski definition) is 2. The van der Waals surface area contributed by atoms with E-state index in [0.29, 0.717) is 45.6 Å². The molecule has 8 nitrogen and oxygen atoms in total. The number of carbonyl (C=O) groups excluding carboxylic acids is 2. The lowest BCUT2D eigenvalue weighted by atomic mass is 9.80. The zero-order valence-corrected chi connectivity index (χ0v) is 20.0. The number of aromatic nitrogens is 2. The number of nitrogens with two attached hydrogens (primary N) is 1. The predicted molar refractivity (Wildman–Crippen MR) is 130 cm³/mol. The van der Waals surface area contributed by atoms with Crippen molar-refractivity contribution in [3.8, 4) is 16.9 Å². The van der Waals surface area contributed by atoms with Gasteiger partial charge in [-0.3, -0.25) is 4.79 Å². The van der Waals surface area contributed by atoms with E-state index in [-0.39, 0.29) is 11.9 Å². The molecule has 34 heavy (non-hydrogen) atoms. The SMILES string of the molecule is Cc1nc2ccc(-c3cc(C)c4c(c3)CN(C(=O)N3CCC(C)(C(N)=O)CC3)CCO4)cc2[nH]1. The maximum Gasteiger partial charge on any atom is 0.320 e. The number of primary amides is 1. The number of likely N-dealkylation sites (tertiary alicyclic amines) is 1. The van der Waals surface area contributed by atoms with Crippen molar-refractivity contribution < 1.29 is 14.3 Å². The van der Waals surface area contributed by atoms with Crippen LogP contribution >= 0.6 is 0 Å². The molecule has 178 valence electrons. The monoisotopic (exact) mass is 461 g/mol. The Morgan fingerprint density at radius 3 is 2.56 bits per heavy atom. The first kappa shape index (κ1) is 22.3. The number of hydrogen-bond acceptors (Lipinski definition) is 4. The van der Waals surface area contributed by atoms with E-state index in [2.05, 4.69) is 34.2 Å². The number of ether oxygens (including phenoxy) is 1. The van der Waals surface area contributed by atoms with Gasteiger partial charge in [-0.1, -0.05) is 13.0 Å². The summed E-state index contributed by atoms with van der Waals surface area (Å²) in [5, 5.41) is 0. The van der Waals surface area contributed by atoms with E-state index in [0.717, 1.165) is 44.9 Å². The lowest BCUT2D eigenvalue weighted by molar-refractivity contribution is -0.129. The van der Waals surface area contributed by atoms with E-state index in [4.69, 9.17) is 10.5 Å². The summed E-state index contributed by atoms with van der Waals surface area (Å²) in [5.74, 6) is 1.46. The van der Waals surface area contributed by atoms with Gasteiger partial charge in [0, 0.05) is 24.1 Å². The van der Waals surface area contributed by atoms with Gasteiger partial charge in [0.05, 0.1) is 24.1 Å². The first-order chi connectivity index (χ1) is 16.2. The molecule has 8 heteroatoms. The summed E-state index contributed by atoms with van der Waals surface area (Å²) in [6.07, 6.45) is 1.18. The van der Waals surface area contributed by atoms with Gasteiger partial charge in [-0.2, -0.15) is 0 Å². The van der Waals surface area contributed by atoms with E-state index in [9.17, 15) is 9.59 Å². The second kappa shape index (κ2) is 8.34. The molecule has 3 heterocycles. The highest BCUT2D eigenvalue weighted by atomic mass is 16.5. The van der Waals surface area contributed by atoms with Gasteiger partial charge in [0.15, 0.2) is 0 Å². The Labute approximate surface area is 199 Å². The molecule has 2 aliphatic rings. The van der Waals surface area contributed by atoms with Gasteiger partial charge in [0.25, 0.3) is 0 Å². The molecule has 1 aromatic heterocycles. The number of aromatic amines is 1. The van der Waals surface area contributed by atoms with Gasteiger partial charge in [-0.05, 0) is 67.6 Å². The van der Waals surface area contributed by atoms with E-state index in [1.54, 1.807) is 0 Å². The fourth-order valence-electron chi connectivity index (χ4n) is 5.00. The summed E-state index contributed by atoms with van der Waals surface area (Å²) in [4.78, 5) is 36.6. The average molecular weight is 462 g/mol. The summed E-state index contributed by atoms with van der Waals surface area (Å²) in [6, 6.07) is 10.5. The van der Waals surface area contributed by atoms with Crippen LogP contribution in [-0.2, 0) is 11.3 Å². The minimum atomic E-state index is -0.536. The van der Waals surface area contributed by atoms with Gasteiger partial charge in [0.2, 0.25) is 5.91 Å². The number of nitrogens with zero attached hydrogens (tertiary/aromatic N) is 3. The van der Waals surface area contributed by atoms with Crippen LogP contribution in [0.1, 0.15) is 36.7 Å². The van der Waals surface area contributed by atoms with Crippen LogP contribution in [-0.4, -0.2) is 57.9 Å². The largest absolute Gasteiger partial charge is 0.491 e. The van der Waals surface area contributed by atoms with E-state index in [1.165, 1.54) is 0 Å². The maximum atomic E-state index is 13.4. The highest BCUT2D eigenvalue weighted by Crippen LogP contribution is 2.35.